The van der Waals surface area contributed by atoms with Gasteiger partial charge in [-0.1, -0.05) is 37.6 Å². The van der Waals surface area contributed by atoms with Gasteiger partial charge in [0, 0.05) is 12.6 Å². The van der Waals surface area contributed by atoms with Gasteiger partial charge in [-0.25, -0.2) is 0 Å². The summed E-state index contributed by atoms with van der Waals surface area (Å²) < 4.78 is 0. The van der Waals surface area contributed by atoms with E-state index in [9.17, 15) is 4.79 Å². The maximum Gasteiger partial charge on any atom is 0.236 e. The molecule has 0 saturated carbocycles. The van der Waals surface area contributed by atoms with Gasteiger partial charge in [0.15, 0.2) is 0 Å². The number of amides is 1. The van der Waals surface area contributed by atoms with Gasteiger partial charge in [-0.05, 0) is 44.7 Å². The van der Waals surface area contributed by atoms with Gasteiger partial charge in [0.2, 0.25) is 5.91 Å². The number of hydrogen-bond acceptors (Lipinski definition) is 2. The summed E-state index contributed by atoms with van der Waals surface area (Å²) in [7, 11) is 0. The highest BCUT2D eigenvalue weighted by atomic mass is 16.2. The Kier molecular flexibility index (Phi) is 7.31. The van der Waals surface area contributed by atoms with E-state index in [1.54, 1.807) is 0 Å². The van der Waals surface area contributed by atoms with E-state index < -0.39 is 0 Å². The largest absolute Gasteiger partial charge is 0.355 e. The van der Waals surface area contributed by atoms with Crippen molar-refractivity contribution >= 4 is 5.91 Å². The highest BCUT2D eigenvalue weighted by Crippen LogP contribution is 2.15. The van der Waals surface area contributed by atoms with Gasteiger partial charge < -0.3 is 5.32 Å². The summed E-state index contributed by atoms with van der Waals surface area (Å²) >= 11 is 0. The Bertz CT molecular complexity index is 400. The van der Waals surface area contributed by atoms with Crippen molar-refractivity contribution < 1.29 is 4.79 Å². The van der Waals surface area contributed by atoms with Crippen LogP contribution in [0, 0.1) is 0 Å². The molecule has 1 rings (SSSR count). The molecule has 0 aromatic heterocycles. The van der Waals surface area contributed by atoms with E-state index in [0.717, 1.165) is 6.42 Å². The minimum atomic E-state index is -0.176. The molecule has 1 amide bonds. The standard InChI is InChI=1S/C17H28N2O/c1-5-7-8-15-9-11-16(12-10-15)13(3)19-14(4)17(20)18-6-2/h9-14,19H,5-8H2,1-4H3,(H,18,20). The van der Waals surface area contributed by atoms with Gasteiger partial charge in [0.1, 0.15) is 0 Å². The fraction of sp³-hybridized carbons (Fsp3) is 0.588. The van der Waals surface area contributed by atoms with E-state index in [1.165, 1.54) is 24.0 Å². The Morgan fingerprint density at radius 1 is 1.15 bits per heavy atom. The van der Waals surface area contributed by atoms with Crippen molar-refractivity contribution in [1.82, 2.24) is 10.6 Å². The molecule has 0 spiro atoms. The first kappa shape index (κ1) is 16.7. The summed E-state index contributed by atoms with van der Waals surface area (Å²) in [6, 6.07) is 8.71. The topological polar surface area (TPSA) is 41.1 Å². The molecule has 2 unspecified atom stereocenters. The normalized spacial score (nSPS) is 13.8. The predicted molar refractivity (Wildman–Crippen MR) is 84.8 cm³/mol. The molecule has 2 atom stereocenters. The Balaban J connectivity index is 2.54. The second-order valence-electron chi connectivity index (χ2n) is 5.35. The fourth-order valence-corrected chi connectivity index (χ4v) is 2.23. The van der Waals surface area contributed by atoms with Crippen LogP contribution < -0.4 is 10.6 Å². The SMILES string of the molecule is CCCCc1ccc(C(C)NC(C)C(=O)NCC)cc1. The predicted octanol–water partition coefficient (Wildman–Crippen LogP) is 3.20. The van der Waals surface area contributed by atoms with Crippen molar-refractivity contribution in [3.05, 3.63) is 35.4 Å². The minimum Gasteiger partial charge on any atom is -0.355 e. The second kappa shape index (κ2) is 8.75. The van der Waals surface area contributed by atoms with Crippen molar-refractivity contribution in [2.45, 2.75) is 59.0 Å². The summed E-state index contributed by atoms with van der Waals surface area (Å²) in [5, 5.41) is 6.16. The molecule has 0 bridgehead atoms. The van der Waals surface area contributed by atoms with Crippen LogP contribution >= 0.6 is 0 Å². The number of benzene rings is 1. The van der Waals surface area contributed by atoms with E-state index in [0.29, 0.717) is 6.54 Å². The molecule has 0 aliphatic rings. The van der Waals surface area contributed by atoms with E-state index in [2.05, 4.69) is 48.7 Å². The zero-order chi connectivity index (χ0) is 15.0. The van der Waals surface area contributed by atoms with Crippen molar-refractivity contribution in [3.63, 3.8) is 0 Å². The van der Waals surface area contributed by atoms with Gasteiger partial charge in [-0.3, -0.25) is 10.1 Å². The molecule has 3 nitrogen and oxygen atoms in total. The molecule has 0 aliphatic heterocycles. The first-order valence-corrected chi connectivity index (χ1v) is 7.71. The van der Waals surface area contributed by atoms with Crippen molar-refractivity contribution in [3.8, 4) is 0 Å². The number of carbonyl (C=O) groups is 1. The lowest BCUT2D eigenvalue weighted by Gasteiger charge is -2.20. The zero-order valence-corrected chi connectivity index (χ0v) is 13.2. The Morgan fingerprint density at radius 3 is 2.35 bits per heavy atom. The van der Waals surface area contributed by atoms with Crippen LogP contribution in [0.3, 0.4) is 0 Å². The average Bonchev–Trinajstić information content (AvgIpc) is 2.45. The lowest BCUT2D eigenvalue weighted by molar-refractivity contribution is -0.122. The van der Waals surface area contributed by atoms with Gasteiger partial charge in [0.05, 0.1) is 6.04 Å². The van der Waals surface area contributed by atoms with Crippen molar-refractivity contribution in [2.75, 3.05) is 6.54 Å². The highest BCUT2D eigenvalue weighted by Gasteiger charge is 2.15. The molecule has 1 aromatic rings. The van der Waals surface area contributed by atoms with Crippen LogP contribution in [-0.2, 0) is 11.2 Å². The molecule has 0 radical (unpaired) electrons. The number of carbonyl (C=O) groups excluding carboxylic acids is 1. The summed E-state index contributed by atoms with van der Waals surface area (Å²) in [6.45, 7) is 8.81. The smallest absolute Gasteiger partial charge is 0.236 e. The van der Waals surface area contributed by atoms with Gasteiger partial charge in [0.25, 0.3) is 0 Å². The van der Waals surface area contributed by atoms with Crippen LogP contribution in [-0.4, -0.2) is 18.5 Å². The number of nitrogens with one attached hydrogen (secondary N) is 2. The molecule has 1 aromatic carbocycles. The number of rotatable bonds is 8. The third-order valence-electron chi connectivity index (χ3n) is 3.54. The van der Waals surface area contributed by atoms with E-state index >= 15 is 0 Å². The van der Waals surface area contributed by atoms with Gasteiger partial charge >= 0.3 is 0 Å². The fourth-order valence-electron chi connectivity index (χ4n) is 2.23. The first-order chi connectivity index (χ1) is 9.58. The molecule has 0 aliphatic carbocycles. The van der Waals surface area contributed by atoms with Crippen molar-refractivity contribution in [1.29, 1.82) is 0 Å². The molecule has 20 heavy (non-hydrogen) atoms. The molecular weight excluding hydrogens is 248 g/mol. The highest BCUT2D eigenvalue weighted by molar-refractivity contribution is 5.81. The van der Waals surface area contributed by atoms with Crippen LogP contribution in [0.15, 0.2) is 24.3 Å². The molecule has 0 heterocycles. The number of unbranched alkanes of at least 4 members (excludes halogenated alkanes) is 1. The monoisotopic (exact) mass is 276 g/mol. The van der Waals surface area contributed by atoms with E-state index in [4.69, 9.17) is 0 Å². The van der Waals surface area contributed by atoms with Crippen LogP contribution in [0.5, 0.6) is 0 Å². The molecule has 3 heteroatoms. The lowest BCUT2D eigenvalue weighted by atomic mass is 10.0. The summed E-state index contributed by atoms with van der Waals surface area (Å²) in [6.07, 6.45) is 3.61. The third-order valence-corrected chi connectivity index (χ3v) is 3.54. The number of aryl methyl sites for hydroxylation is 1. The molecule has 112 valence electrons. The molecule has 0 saturated heterocycles. The third kappa shape index (κ3) is 5.33. The maximum atomic E-state index is 11.7. The van der Waals surface area contributed by atoms with E-state index in [1.807, 2.05) is 13.8 Å². The van der Waals surface area contributed by atoms with Crippen LogP contribution in [0.25, 0.3) is 0 Å². The number of hydrogen-bond donors (Lipinski definition) is 2. The zero-order valence-electron chi connectivity index (χ0n) is 13.2. The average molecular weight is 276 g/mol. The first-order valence-electron chi connectivity index (χ1n) is 7.71. The van der Waals surface area contributed by atoms with Crippen LogP contribution in [0.4, 0.5) is 0 Å². The summed E-state index contributed by atoms with van der Waals surface area (Å²) in [5.41, 5.74) is 2.61. The molecule has 2 N–H and O–H groups in total. The number of likely N-dealkylation sites (N-methyl/N-ethyl adjacent to an activating group) is 1. The van der Waals surface area contributed by atoms with Crippen LogP contribution in [0.2, 0.25) is 0 Å². The molecular formula is C17H28N2O. The van der Waals surface area contributed by atoms with Gasteiger partial charge in [-0.2, -0.15) is 0 Å². The maximum absolute atomic E-state index is 11.7. The quantitative estimate of drug-likeness (QED) is 0.765. The van der Waals surface area contributed by atoms with E-state index in [-0.39, 0.29) is 18.0 Å². The summed E-state index contributed by atoms with van der Waals surface area (Å²) in [4.78, 5) is 11.7. The lowest BCUT2D eigenvalue weighted by Crippen LogP contribution is -2.43. The molecule has 0 fully saturated rings. The Labute approximate surface area is 123 Å². The Morgan fingerprint density at radius 2 is 1.80 bits per heavy atom. The second-order valence-corrected chi connectivity index (χ2v) is 5.35. The minimum absolute atomic E-state index is 0.0546. The Hall–Kier alpha value is -1.35. The van der Waals surface area contributed by atoms with Gasteiger partial charge in [-0.15, -0.1) is 0 Å². The van der Waals surface area contributed by atoms with Crippen LogP contribution in [0.1, 0.15) is 57.7 Å². The van der Waals surface area contributed by atoms with Crippen molar-refractivity contribution in [2.24, 2.45) is 0 Å². The summed E-state index contributed by atoms with van der Waals surface area (Å²) in [5.74, 6) is 0.0546.